The third-order valence-corrected chi connectivity index (χ3v) is 7.05. The largest absolute Gasteiger partial charge is 0.458 e. The average Bonchev–Trinajstić information content (AvgIpc) is 3.29. The van der Waals surface area contributed by atoms with Crippen LogP contribution in [0.1, 0.15) is 43.9 Å². The molecule has 0 bridgehead atoms. The van der Waals surface area contributed by atoms with E-state index >= 15 is 0 Å². The van der Waals surface area contributed by atoms with Crippen molar-refractivity contribution in [2.45, 2.75) is 44.8 Å². The molecular weight excluding hydrogens is 493 g/mol. The van der Waals surface area contributed by atoms with E-state index in [9.17, 15) is 14.3 Å². The van der Waals surface area contributed by atoms with Gasteiger partial charge in [0.25, 0.3) is 0 Å². The number of pyridine rings is 1. The number of cyclic esters (lactones) is 1. The van der Waals surface area contributed by atoms with Crippen LogP contribution in [-0.4, -0.2) is 38.0 Å². The van der Waals surface area contributed by atoms with Crippen LogP contribution < -0.4 is 0 Å². The normalized spacial score (nSPS) is 17.9. The number of aliphatic hydroxyl groups is 1. The minimum absolute atomic E-state index is 0.00252. The van der Waals surface area contributed by atoms with E-state index in [1.165, 1.54) is 12.1 Å². The SMILES string of the molecule is CC(C)c1nn(-c2c3ccccc3nc3ccccc23)c(-c2ccc(F)cc2)c1C=C[C@@H]1C[C@@H](O)CC(=O)O1. The van der Waals surface area contributed by atoms with Gasteiger partial charge in [0, 0.05) is 28.3 Å². The smallest absolute Gasteiger partial charge is 0.309 e. The van der Waals surface area contributed by atoms with Crippen LogP contribution in [0.25, 0.3) is 44.8 Å². The molecule has 2 aromatic heterocycles. The van der Waals surface area contributed by atoms with E-state index < -0.39 is 18.2 Å². The Morgan fingerprint density at radius 2 is 1.64 bits per heavy atom. The highest BCUT2D eigenvalue weighted by Crippen LogP contribution is 2.38. The van der Waals surface area contributed by atoms with Gasteiger partial charge in [-0.3, -0.25) is 4.79 Å². The lowest BCUT2D eigenvalue weighted by molar-refractivity contribution is -0.156. The van der Waals surface area contributed by atoms with Crippen LogP contribution in [0.3, 0.4) is 0 Å². The molecule has 1 aliphatic heterocycles. The van der Waals surface area contributed by atoms with Gasteiger partial charge < -0.3 is 9.84 Å². The fraction of sp³-hybridized carbons (Fsp3) is 0.219. The van der Waals surface area contributed by atoms with Gasteiger partial charge in [0.2, 0.25) is 0 Å². The quantitative estimate of drug-likeness (QED) is 0.209. The molecule has 2 atom stereocenters. The molecule has 0 spiro atoms. The highest BCUT2D eigenvalue weighted by molar-refractivity contribution is 6.03. The second-order valence-electron chi connectivity index (χ2n) is 10.2. The molecule has 1 saturated heterocycles. The van der Waals surface area contributed by atoms with Gasteiger partial charge in [-0.15, -0.1) is 0 Å². The maximum atomic E-state index is 14.0. The molecule has 0 saturated carbocycles. The van der Waals surface area contributed by atoms with E-state index in [1.54, 1.807) is 12.1 Å². The monoisotopic (exact) mass is 521 g/mol. The van der Waals surface area contributed by atoms with Crippen LogP contribution in [0, 0.1) is 5.82 Å². The summed E-state index contributed by atoms with van der Waals surface area (Å²) >= 11 is 0. The molecule has 0 unspecified atom stereocenters. The minimum Gasteiger partial charge on any atom is -0.458 e. The Hall–Kier alpha value is -4.36. The highest BCUT2D eigenvalue weighted by atomic mass is 19.1. The number of benzene rings is 3. The molecule has 39 heavy (non-hydrogen) atoms. The number of carbonyl (C=O) groups is 1. The first-order valence-electron chi connectivity index (χ1n) is 13.1. The number of esters is 1. The molecule has 0 aliphatic carbocycles. The maximum absolute atomic E-state index is 14.0. The molecular formula is C32H28FN3O3. The summed E-state index contributed by atoms with van der Waals surface area (Å²) in [5.41, 5.74) is 5.85. The molecule has 1 N–H and O–H groups in total. The van der Waals surface area contributed by atoms with Crippen LogP contribution in [0.2, 0.25) is 0 Å². The Balaban J connectivity index is 1.65. The number of fused-ring (bicyclic) bond motifs is 2. The van der Waals surface area contributed by atoms with Gasteiger partial charge in [0.1, 0.15) is 11.9 Å². The Morgan fingerprint density at radius 3 is 2.26 bits per heavy atom. The first-order chi connectivity index (χ1) is 18.9. The molecule has 1 aliphatic rings. The van der Waals surface area contributed by atoms with Crippen molar-refractivity contribution in [1.29, 1.82) is 0 Å². The van der Waals surface area contributed by atoms with Gasteiger partial charge in [0.15, 0.2) is 0 Å². The number of ether oxygens (including phenoxy) is 1. The molecule has 196 valence electrons. The summed E-state index contributed by atoms with van der Waals surface area (Å²) in [6, 6.07) is 22.3. The van der Waals surface area contributed by atoms with Crippen molar-refractivity contribution >= 4 is 33.9 Å². The molecule has 6 rings (SSSR count). The summed E-state index contributed by atoms with van der Waals surface area (Å²) in [5.74, 6) is -0.686. The second kappa shape index (κ2) is 10.1. The van der Waals surface area contributed by atoms with Crippen molar-refractivity contribution in [3.05, 3.63) is 95.9 Å². The van der Waals surface area contributed by atoms with Crippen LogP contribution >= 0.6 is 0 Å². The van der Waals surface area contributed by atoms with Crippen LogP contribution in [0.5, 0.6) is 0 Å². The van der Waals surface area contributed by atoms with Crippen LogP contribution in [0.4, 0.5) is 4.39 Å². The Kier molecular flexibility index (Phi) is 6.45. The Bertz CT molecular complexity index is 1670. The summed E-state index contributed by atoms with van der Waals surface area (Å²) in [6.07, 6.45) is 2.77. The van der Waals surface area contributed by atoms with Gasteiger partial charge in [-0.05, 0) is 48.4 Å². The van der Waals surface area contributed by atoms with Crippen LogP contribution in [-0.2, 0) is 9.53 Å². The van der Waals surface area contributed by atoms with Crippen molar-refractivity contribution in [2.24, 2.45) is 0 Å². The van der Waals surface area contributed by atoms with E-state index in [2.05, 4.69) is 13.8 Å². The standard InChI is InChI=1S/C32H28FN3O3/c1-19(2)30-26(16-15-23-17-22(37)18-29(38)39-23)31(20-11-13-21(33)14-12-20)36(35-30)32-24-7-3-5-9-27(24)34-28-10-6-4-8-25(28)32/h3-16,19,22-23,37H,17-18H2,1-2H3/t22-,23-/m1/s1. The van der Waals surface area contributed by atoms with Crippen molar-refractivity contribution < 1.29 is 19.0 Å². The number of nitrogens with zero attached hydrogens (tertiary/aromatic N) is 3. The first-order valence-corrected chi connectivity index (χ1v) is 13.1. The predicted molar refractivity (Wildman–Crippen MR) is 150 cm³/mol. The van der Waals surface area contributed by atoms with E-state index in [-0.39, 0.29) is 18.2 Å². The Morgan fingerprint density at radius 1 is 1.00 bits per heavy atom. The summed E-state index contributed by atoms with van der Waals surface area (Å²) < 4.78 is 21.4. The number of carbonyl (C=O) groups excluding carboxylic acids is 1. The molecule has 5 aromatic rings. The topological polar surface area (TPSA) is 77.2 Å². The average molecular weight is 522 g/mol. The lowest BCUT2D eigenvalue weighted by atomic mass is 9.98. The predicted octanol–water partition coefficient (Wildman–Crippen LogP) is 6.58. The highest BCUT2D eigenvalue weighted by Gasteiger charge is 2.27. The summed E-state index contributed by atoms with van der Waals surface area (Å²) in [5, 5.41) is 17.2. The molecule has 6 nitrogen and oxygen atoms in total. The fourth-order valence-electron chi connectivity index (χ4n) is 5.26. The molecule has 3 aromatic carbocycles. The van der Waals surface area contributed by atoms with E-state index in [0.29, 0.717) is 6.42 Å². The van der Waals surface area contributed by atoms with Gasteiger partial charge in [-0.2, -0.15) is 5.10 Å². The second-order valence-corrected chi connectivity index (χ2v) is 10.2. The number of hydrogen-bond acceptors (Lipinski definition) is 5. The number of aromatic nitrogens is 3. The summed E-state index contributed by atoms with van der Waals surface area (Å²) in [4.78, 5) is 16.8. The van der Waals surface area contributed by atoms with Crippen molar-refractivity contribution in [3.63, 3.8) is 0 Å². The van der Waals surface area contributed by atoms with Crippen molar-refractivity contribution in [1.82, 2.24) is 14.8 Å². The van der Waals surface area contributed by atoms with Crippen molar-refractivity contribution in [2.75, 3.05) is 0 Å². The van der Waals surface area contributed by atoms with Crippen molar-refractivity contribution in [3.8, 4) is 16.9 Å². The lowest BCUT2D eigenvalue weighted by Crippen LogP contribution is -2.31. The first kappa shape index (κ1) is 24.9. The molecule has 0 radical (unpaired) electrons. The number of para-hydroxylation sites is 2. The fourth-order valence-corrected chi connectivity index (χ4v) is 5.26. The summed E-state index contributed by atoms with van der Waals surface area (Å²) in [6.45, 7) is 4.15. The zero-order chi connectivity index (χ0) is 27.1. The molecule has 7 heteroatoms. The van der Waals surface area contributed by atoms with Crippen LogP contribution in [0.15, 0.2) is 78.9 Å². The molecule has 3 heterocycles. The number of hydrogen-bond donors (Lipinski definition) is 1. The Labute approximate surface area is 225 Å². The third-order valence-electron chi connectivity index (χ3n) is 7.05. The minimum atomic E-state index is -0.737. The lowest BCUT2D eigenvalue weighted by Gasteiger charge is -2.23. The van der Waals surface area contributed by atoms with Gasteiger partial charge in [0.05, 0.1) is 40.6 Å². The summed E-state index contributed by atoms with van der Waals surface area (Å²) in [7, 11) is 0. The van der Waals surface area contributed by atoms with Gasteiger partial charge >= 0.3 is 5.97 Å². The van der Waals surface area contributed by atoms with E-state index in [4.69, 9.17) is 14.8 Å². The zero-order valence-electron chi connectivity index (χ0n) is 21.7. The third kappa shape index (κ3) is 4.70. The van der Waals surface area contributed by atoms with Gasteiger partial charge in [-0.1, -0.05) is 56.3 Å². The maximum Gasteiger partial charge on any atom is 0.309 e. The van der Waals surface area contributed by atoms with Gasteiger partial charge in [-0.25, -0.2) is 14.1 Å². The number of halogens is 1. The van der Waals surface area contributed by atoms with E-state index in [1.807, 2.05) is 65.4 Å². The molecule has 0 amide bonds. The number of aliphatic hydroxyl groups excluding tert-OH is 1. The van der Waals surface area contributed by atoms with E-state index in [0.717, 1.165) is 50.0 Å². The molecule has 1 fully saturated rings. The number of rotatable bonds is 5. The zero-order valence-corrected chi connectivity index (χ0v) is 21.7.